The SMILES string of the molecule is CCNC(=O)c1cc(O[C@@H](C)c2ccc(F)c(F)c2)c(C(=O)NC)[nH]1. The molecule has 0 radical (unpaired) electrons. The van der Waals surface area contributed by atoms with Gasteiger partial charge in [-0.25, -0.2) is 8.78 Å². The zero-order valence-corrected chi connectivity index (χ0v) is 14.1. The number of ether oxygens (including phenoxy) is 1. The Hall–Kier alpha value is -2.90. The van der Waals surface area contributed by atoms with Gasteiger partial charge in [0.25, 0.3) is 11.8 Å². The average molecular weight is 351 g/mol. The van der Waals surface area contributed by atoms with E-state index >= 15 is 0 Å². The lowest BCUT2D eigenvalue weighted by Gasteiger charge is -2.15. The van der Waals surface area contributed by atoms with Crippen molar-refractivity contribution in [3.8, 4) is 5.75 Å². The van der Waals surface area contributed by atoms with Gasteiger partial charge < -0.3 is 20.4 Å². The lowest BCUT2D eigenvalue weighted by atomic mass is 10.1. The Balaban J connectivity index is 2.31. The number of hydrogen-bond donors (Lipinski definition) is 3. The molecule has 2 rings (SSSR count). The van der Waals surface area contributed by atoms with E-state index in [4.69, 9.17) is 4.74 Å². The maximum atomic E-state index is 13.4. The molecule has 25 heavy (non-hydrogen) atoms. The number of halogens is 2. The summed E-state index contributed by atoms with van der Waals surface area (Å²) in [5, 5.41) is 5.05. The molecule has 1 atom stereocenters. The molecule has 2 amide bonds. The second kappa shape index (κ2) is 7.78. The molecule has 6 nitrogen and oxygen atoms in total. The normalized spacial score (nSPS) is 11.7. The van der Waals surface area contributed by atoms with Gasteiger partial charge in [-0.05, 0) is 31.5 Å². The molecule has 0 saturated heterocycles. The van der Waals surface area contributed by atoms with Gasteiger partial charge in [0, 0.05) is 19.7 Å². The standard InChI is InChI=1S/C17H19F2N3O3/c1-4-21-16(23)13-8-14(15(22-13)17(24)20-3)25-9(2)10-5-6-11(18)12(19)7-10/h5-9,22H,4H2,1-3H3,(H,20,24)(H,21,23)/t9-/m0/s1. The molecule has 0 bridgehead atoms. The van der Waals surface area contributed by atoms with E-state index in [-0.39, 0.29) is 23.0 Å². The summed E-state index contributed by atoms with van der Waals surface area (Å²) in [6, 6.07) is 4.81. The molecule has 134 valence electrons. The van der Waals surface area contributed by atoms with Crippen molar-refractivity contribution in [1.82, 2.24) is 15.6 Å². The van der Waals surface area contributed by atoms with E-state index < -0.39 is 23.6 Å². The Bertz CT molecular complexity index is 789. The van der Waals surface area contributed by atoms with E-state index in [9.17, 15) is 18.4 Å². The van der Waals surface area contributed by atoms with Gasteiger partial charge in [-0.2, -0.15) is 0 Å². The zero-order chi connectivity index (χ0) is 18.6. The summed E-state index contributed by atoms with van der Waals surface area (Å²) in [6.45, 7) is 3.82. The first-order valence-electron chi connectivity index (χ1n) is 7.72. The number of carbonyl (C=O) groups excluding carboxylic acids is 2. The van der Waals surface area contributed by atoms with Crippen molar-refractivity contribution in [2.75, 3.05) is 13.6 Å². The first-order chi connectivity index (χ1) is 11.9. The number of carbonyl (C=O) groups is 2. The van der Waals surface area contributed by atoms with Crippen LogP contribution in [0.3, 0.4) is 0 Å². The van der Waals surface area contributed by atoms with E-state index in [1.54, 1.807) is 13.8 Å². The number of benzene rings is 1. The third-order valence-corrected chi connectivity index (χ3v) is 3.53. The molecular weight excluding hydrogens is 332 g/mol. The van der Waals surface area contributed by atoms with Crippen LogP contribution in [-0.4, -0.2) is 30.4 Å². The van der Waals surface area contributed by atoms with E-state index in [0.29, 0.717) is 12.1 Å². The van der Waals surface area contributed by atoms with Gasteiger partial charge in [-0.1, -0.05) is 6.07 Å². The quantitative estimate of drug-likeness (QED) is 0.748. The van der Waals surface area contributed by atoms with E-state index in [2.05, 4.69) is 15.6 Å². The highest BCUT2D eigenvalue weighted by molar-refractivity contribution is 5.99. The Kier molecular flexibility index (Phi) is 5.74. The number of H-pyrrole nitrogens is 1. The molecule has 0 aliphatic carbocycles. The monoisotopic (exact) mass is 351 g/mol. The van der Waals surface area contributed by atoms with Gasteiger partial charge in [0.1, 0.15) is 17.5 Å². The zero-order valence-electron chi connectivity index (χ0n) is 14.1. The summed E-state index contributed by atoms with van der Waals surface area (Å²) in [7, 11) is 1.44. The van der Waals surface area contributed by atoms with Crippen molar-refractivity contribution < 1.29 is 23.1 Å². The Labute approximate surface area is 143 Å². The van der Waals surface area contributed by atoms with Gasteiger partial charge in [0.05, 0.1) is 0 Å². The maximum Gasteiger partial charge on any atom is 0.271 e. The number of hydrogen-bond acceptors (Lipinski definition) is 3. The van der Waals surface area contributed by atoms with Crippen LogP contribution < -0.4 is 15.4 Å². The largest absolute Gasteiger partial charge is 0.484 e. The molecule has 0 aliphatic rings. The fraction of sp³-hybridized carbons (Fsp3) is 0.294. The summed E-state index contributed by atoms with van der Waals surface area (Å²) in [4.78, 5) is 26.6. The summed E-state index contributed by atoms with van der Waals surface area (Å²) in [5.41, 5.74) is 0.619. The van der Waals surface area contributed by atoms with Gasteiger partial charge in [0.2, 0.25) is 0 Å². The number of amides is 2. The third kappa shape index (κ3) is 4.14. The molecule has 3 N–H and O–H groups in total. The topological polar surface area (TPSA) is 83.2 Å². The first-order valence-corrected chi connectivity index (χ1v) is 7.72. The van der Waals surface area contributed by atoms with Crippen molar-refractivity contribution in [1.29, 1.82) is 0 Å². The van der Waals surface area contributed by atoms with Crippen LogP contribution in [0.25, 0.3) is 0 Å². The molecular formula is C17H19F2N3O3. The number of aromatic amines is 1. The van der Waals surface area contributed by atoms with Crippen molar-refractivity contribution in [2.24, 2.45) is 0 Å². The molecule has 0 fully saturated rings. The van der Waals surface area contributed by atoms with Crippen LogP contribution in [0.15, 0.2) is 24.3 Å². The molecule has 1 aromatic heterocycles. The molecule has 0 aliphatic heterocycles. The van der Waals surface area contributed by atoms with Crippen LogP contribution in [-0.2, 0) is 0 Å². The highest BCUT2D eigenvalue weighted by Crippen LogP contribution is 2.27. The second-order valence-electron chi connectivity index (χ2n) is 5.29. The van der Waals surface area contributed by atoms with E-state index in [0.717, 1.165) is 12.1 Å². The molecule has 1 aromatic carbocycles. The summed E-state index contributed by atoms with van der Waals surface area (Å²) < 4.78 is 32.1. The Morgan fingerprint density at radius 1 is 1.20 bits per heavy atom. The van der Waals surface area contributed by atoms with Crippen molar-refractivity contribution in [3.63, 3.8) is 0 Å². The maximum absolute atomic E-state index is 13.4. The van der Waals surface area contributed by atoms with Crippen molar-refractivity contribution >= 4 is 11.8 Å². The first kappa shape index (κ1) is 18.4. The smallest absolute Gasteiger partial charge is 0.271 e. The van der Waals surface area contributed by atoms with Crippen LogP contribution in [0.4, 0.5) is 8.78 Å². The van der Waals surface area contributed by atoms with E-state index in [1.165, 1.54) is 19.2 Å². The van der Waals surface area contributed by atoms with Gasteiger partial charge >= 0.3 is 0 Å². The van der Waals surface area contributed by atoms with Gasteiger partial charge in [-0.15, -0.1) is 0 Å². The third-order valence-electron chi connectivity index (χ3n) is 3.53. The molecule has 0 unspecified atom stereocenters. The molecule has 1 heterocycles. The summed E-state index contributed by atoms with van der Waals surface area (Å²) in [6.07, 6.45) is -0.670. The Morgan fingerprint density at radius 2 is 1.92 bits per heavy atom. The van der Waals surface area contributed by atoms with E-state index in [1.807, 2.05) is 0 Å². The average Bonchev–Trinajstić information content (AvgIpc) is 3.00. The van der Waals surface area contributed by atoms with Crippen LogP contribution >= 0.6 is 0 Å². The highest BCUT2D eigenvalue weighted by atomic mass is 19.2. The number of nitrogens with one attached hydrogen (secondary N) is 3. The van der Waals surface area contributed by atoms with Gasteiger partial charge in [0.15, 0.2) is 17.4 Å². The summed E-state index contributed by atoms with van der Waals surface area (Å²) in [5.74, 6) is -2.66. The van der Waals surface area contributed by atoms with Crippen LogP contribution in [0, 0.1) is 11.6 Å². The fourth-order valence-electron chi connectivity index (χ4n) is 2.22. The van der Waals surface area contributed by atoms with Crippen molar-refractivity contribution in [2.45, 2.75) is 20.0 Å². The van der Waals surface area contributed by atoms with Crippen LogP contribution in [0.5, 0.6) is 5.75 Å². The lowest BCUT2D eigenvalue weighted by molar-refractivity contribution is 0.0951. The summed E-state index contributed by atoms with van der Waals surface area (Å²) >= 11 is 0. The number of rotatable bonds is 6. The predicted molar refractivity (Wildman–Crippen MR) is 87.6 cm³/mol. The molecule has 8 heteroatoms. The van der Waals surface area contributed by atoms with Crippen LogP contribution in [0.2, 0.25) is 0 Å². The molecule has 0 spiro atoms. The minimum Gasteiger partial charge on any atom is -0.484 e. The molecule has 0 saturated carbocycles. The minimum absolute atomic E-state index is 0.0678. The minimum atomic E-state index is -0.989. The van der Waals surface area contributed by atoms with Crippen molar-refractivity contribution in [3.05, 3.63) is 52.9 Å². The highest BCUT2D eigenvalue weighted by Gasteiger charge is 2.21. The predicted octanol–water partition coefficient (Wildman–Crippen LogP) is 2.54. The van der Waals surface area contributed by atoms with Gasteiger partial charge in [-0.3, -0.25) is 9.59 Å². The molecule has 2 aromatic rings. The number of aromatic nitrogens is 1. The van der Waals surface area contributed by atoms with Crippen LogP contribution in [0.1, 0.15) is 46.5 Å². The lowest BCUT2D eigenvalue weighted by Crippen LogP contribution is -2.23. The fourth-order valence-corrected chi connectivity index (χ4v) is 2.22. The Morgan fingerprint density at radius 3 is 2.52 bits per heavy atom. The second-order valence-corrected chi connectivity index (χ2v) is 5.29.